The van der Waals surface area contributed by atoms with Gasteiger partial charge in [0.1, 0.15) is 159 Å². The lowest BCUT2D eigenvalue weighted by Crippen LogP contribution is -2.82. The van der Waals surface area contributed by atoms with Crippen LogP contribution >= 0.6 is 0 Å². The number of fused-ring (bicyclic) bond motifs is 5. The van der Waals surface area contributed by atoms with Crippen molar-refractivity contribution in [3.63, 3.8) is 0 Å². The van der Waals surface area contributed by atoms with Gasteiger partial charge in [0.2, 0.25) is 0 Å². The zero-order chi connectivity index (χ0) is 88.0. The number of amides is 1. The second-order valence-corrected chi connectivity index (χ2v) is 32.1. The molecule has 0 aromatic heterocycles. The average molecular weight is 1720 g/mol. The van der Waals surface area contributed by atoms with Crippen LogP contribution in [0.5, 0.6) is 0 Å². The molecule has 42 heteroatoms. The SMILES string of the molecule is CC(=O)O[C@H]1C(=O)[C@]2(C)[C@@H](OC(=O)COC3O[C@H](CO)[C@@H](O[C@H]4O[C@H](CO)[C@@H](O[C@H]5O[C@H](CO)[C@@H](O[C@H]6O[C@H](CO)[C@@H](O[C@H]7O[C@H](CO)[C@@H](O)[C@H](O)[C@H]7O)[C@H](O)[C@H]6O)[C@H](O)[C@H]5O)[C@H](O)[C@H]4O)[C@H](O)[C@H]3O)C[C@H]3OC[C@@]3(OC(C)=O)[C@H]2[C@H](OC(=O)c2ccccc2)[C@]2(O)C[C@H](OC(=O)[C@H](O)[C@@H](NC(=O)c3ccccc3)c3ccccc3)C(C)=C1C2(C)C. The number of benzene rings is 3. The highest BCUT2D eigenvalue weighted by molar-refractivity contribution is 5.96. The Morgan fingerprint density at radius 2 is 0.950 bits per heavy atom. The Hall–Kier alpha value is -7.27. The van der Waals surface area contributed by atoms with Crippen LogP contribution in [0.3, 0.4) is 0 Å². The fourth-order valence-electron chi connectivity index (χ4n) is 17.8. The zero-order valence-corrected chi connectivity index (χ0v) is 66.0. The molecule has 42 nitrogen and oxygen atoms in total. The molecule has 3 aliphatic carbocycles. The Morgan fingerprint density at radius 3 is 1.39 bits per heavy atom. The molecule has 2 bridgehead atoms. The van der Waals surface area contributed by atoms with E-state index in [9.17, 15) is 121 Å². The molecule has 8 fully saturated rings. The summed E-state index contributed by atoms with van der Waals surface area (Å²) >= 11 is 0. The van der Waals surface area contributed by atoms with E-state index in [1.807, 2.05) is 0 Å². The molecule has 6 saturated heterocycles. The number of Topliss-reactive ketones (excluding diaryl/α,β-unsaturated/α-hetero) is 1. The lowest BCUT2D eigenvalue weighted by molar-refractivity contribution is -0.393. The molecule has 121 heavy (non-hydrogen) atoms. The summed E-state index contributed by atoms with van der Waals surface area (Å²) in [7, 11) is 0. The fourth-order valence-corrected chi connectivity index (χ4v) is 17.8. The van der Waals surface area contributed by atoms with Gasteiger partial charge in [-0.1, -0.05) is 80.6 Å². The Kier molecular flexibility index (Phi) is 29.1. The van der Waals surface area contributed by atoms with E-state index in [-0.39, 0.29) is 27.8 Å². The van der Waals surface area contributed by atoms with Crippen molar-refractivity contribution in [2.24, 2.45) is 16.7 Å². The van der Waals surface area contributed by atoms with Crippen molar-refractivity contribution < 1.29 is 201 Å². The summed E-state index contributed by atoms with van der Waals surface area (Å²) in [4.78, 5) is 102. The summed E-state index contributed by atoms with van der Waals surface area (Å²) in [6, 6.07) is 21.5. The molecule has 1 unspecified atom stereocenters. The summed E-state index contributed by atoms with van der Waals surface area (Å²) in [6.07, 6.45) is -63.1. The lowest BCUT2D eigenvalue weighted by atomic mass is 9.44. The predicted octanol–water partition coefficient (Wildman–Crippen LogP) is -7.60. The minimum atomic E-state index is -2.72. The third kappa shape index (κ3) is 17.8. The molecule has 670 valence electrons. The van der Waals surface area contributed by atoms with Gasteiger partial charge in [-0.15, -0.1) is 0 Å². The van der Waals surface area contributed by atoms with Crippen molar-refractivity contribution in [1.82, 2.24) is 5.32 Å². The van der Waals surface area contributed by atoms with Crippen molar-refractivity contribution in [2.45, 2.75) is 262 Å². The Balaban J connectivity index is 0.750. The third-order valence-electron chi connectivity index (χ3n) is 24.4. The van der Waals surface area contributed by atoms with Crippen LogP contribution in [0.2, 0.25) is 0 Å². The van der Waals surface area contributed by atoms with E-state index >= 15 is 4.79 Å². The zero-order valence-electron chi connectivity index (χ0n) is 66.0. The Labute approximate surface area is 689 Å². The largest absolute Gasteiger partial charge is 0.459 e. The second-order valence-electron chi connectivity index (χ2n) is 32.1. The van der Waals surface area contributed by atoms with Crippen LogP contribution < -0.4 is 5.32 Å². The first-order valence-corrected chi connectivity index (χ1v) is 39.1. The van der Waals surface area contributed by atoms with Gasteiger partial charge in [-0.25, -0.2) is 14.4 Å². The van der Waals surface area contributed by atoms with E-state index in [1.54, 1.807) is 42.5 Å². The monoisotopic (exact) mass is 1720 g/mol. The standard InChI is InChI=1S/C79H103NO41/c1-31-37(109-70(104)49(90)47(34-16-10-7-11-17-34)80-68(102)35-18-12-8-13-19-35)23-79(105)67(120-69(103)36-20-14-9-15-21-36)65-77(6,66(101)64(108-32(2)86)46(31)76(79,4)5)43(22-44-78(65,30-107-44)121-33(3)87)115-45(88)29-106-71-56(97)51(92)60(39(25-82)111-71)117-73-58(99)53(94)62(41(27-84)113-73)119-75-59(100)54(95)63(42(28-85)114-75)118-74-57(98)52(93)61(40(26-83)112-74)116-72-55(96)50(91)48(89)38(24-81)110-72/h7-21,37-44,47-65,67,71-75,81-85,89-100,105H,22-30H2,1-6H3,(H,80,102)/t37-,38+,39+,40+,41+,42+,43-,44+,47-,48+,49+,50-,51+,52+,53+,54+,55+,56+,57+,58+,59+,60+,61+,62+,63+,64+,65-,67-,71?,72+,73+,74+,75+,77+,78-,79+/m0/s1. The van der Waals surface area contributed by atoms with Gasteiger partial charge in [0.15, 0.2) is 55.0 Å². The van der Waals surface area contributed by atoms with E-state index in [0.29, 0.717) is 0 Å². The molecule has 6 aliphatic heterocycles. The van der Waals surface area contributed by atoms with Gasteiger partial charge in [-0.2, -0.15) is 0 Å². The molecule has 12 rings (SSSR count). The summed E-state index contributed by atoms with van der Waals surface area (Å²) in [5, 5.41) is 204. The van der Waals surface area contributed by atoms with E-state index < -0.39 is 325 Å². The van der Waals surface area contributed by atoms with Crippen LogP contribution in [-0.2, 0) is 99.8 Å². The molecule has 0 spiro atoms. The van der Waals surface area contributed by atoms with Crippen LogP contribution in [0.15, 0.2) is 102 Å². The number of rotatable bonds is 27. The van der Waals surface area contributed by atoms with Gasteiger partial charge in [0.05, 0.1) is 62.6 Å². The van der Waals surface area contributed by atoms with Gasteiger partial charge in [0, 0.05) is 37.7 Å². The third-order valence-corrected chi connectivity index (χ3v) is 24.4. The number of esters is 5. The maximum atomic E-state index is 16.7. The first kappa shape index (κ1) is 92.9. The number of hydrogen-bond donors (Lipinski definition) is 19. The number of ether oxygens (including phenoxy) is 16. The van der Waals surface area contributed by atoms with Gasteiger partial charge in [0.25, 0.3) is 5.91 Å². The van der Waals surface area contributed by atoms with Crippen LogP contribution in [0.25, 0.3) is 0 Å². The quantitative estimate of drug-likeness (QED) is 0.0191. The van der Waals surface area contributed by atoms with E-state index in [2.05, 4.69) is 5.32 Å². The summed E-state index contributed by atoms with van der Waals surface area (Å²) in [5.41, 5.74) is -9.29. The maximum absolute atomic E-state index is 16.7. The summed E-state index contributed by atoms with van der Waals surface area (Å²) in [6.45, 7) is 0.422. The van der Waals surface area contributed by atoms with Crippen molar-refractivity contribution in [3.8, 4) is 0 Å². The molecular weight excluding hydrogens is 1620 g/mol. The molecule has 0 radical (unpaired) electrons. The predicted molar refractivity (Wildman–Crippen MR) is 392 cm³/mol. The summed E-state index contributed by atoms with van der Waals surface area (Å²) in [5.74, 6) is -9.79. The number of carbonyl (C=O) groups excluding carboxylic acids is 7. The highest BCUT2D eigenvalue weighted by Gasteiger charge is 2.79. The average Bonchev–Trinajstić information content (AvgIpc) is 0.665. The van der Waals surface area contributed by atoms with Crippen LogP contribution in [0.4, 0.5) is 0 Å². The van der Waals surface area contributed by atoms with Gasteiger partial charge >= 0.3 is 29.8 Å². The highest BCUT2D eigenvalue weighted by Crippen LogP contribution is 2.65. The first-order chi connectivity index (χ1) is 57.3. The number of aliphatic hydroxyl groups excluding tert-OH is 17. The highest BCUT2D eigenvalue weighted by atomic mass is 16.8. The molecule has 2 saturated carbocycles. The molecule has 3 aromatic carbocycles. The van der Waals surface area contributed by atoms with E-state index in [1.165, 1.54) is 76.2 Å². The molecule has 6 heterocycles. The van der Waals surface area contributed by atoms with Gasteiger partial charge in [-0.3, -0.25) is 19.2 Å². The minimum absolute atomic E-state index is 0.0362. The molecule has 1 amide bonds. The Morgan fingerprint density at radius 1 is 0.521 bits per heavy atom. The normalized spacial score (nSPS) is 41.3. The number of carbonyl (C=O) groups is 7. The van der Waals surface area contributed by atoms with Gasteiger partial charge in [-0.05, 0) is 54.8 Å². The first-order valence-electron chi connectivity index (χ1n) is 39.1. The van der Waals surface area contributed by atoms with Crippen molar-refractivity contribution in [2.75, 3.05) is 46.2 Å². The van der Waals surface area contributed by atoms with Crippen LogP contribution in [0, 0.1) is 16.7 Å². The number of ketones is 1. The molecule has 3 aromatic rings. The Bertz CT molecular complexity index is 4120. The number of aliphatic hydroxyl groups is 18. The van der Waals surface area contributed by atoms with Gasteiger partial charge < -0.3 is 173 Å². The molecule has 36 atom stereocenters. The van der Waals surface area contributed by atoms with Crippen molar-refractivity contribution in [3.05, 3.63) is 119 Å². The second kappa shape index (κ2) is 37.9. The smallest absolute Gasteiger partial charge is 0.338 e. The maximum Gasteiger partial charge on any atom is 0.338 e. The van der Waals surface area contributed by atoms with Crippen molar-refractivity contribution >= 4 is 41.5 Å². The minimum Gasteiger partial charge on any atom is -0.459 e. The van der Waals surface area contributed by atoms with Crippen LogP contribution in [-0.4, -0.2) is 381 Å². The van der Waals surface area contributed by atoms with Crippen molar-refractivity contribution in [1.29, 1.82) is 0 Å². The fraction of sp³-hybridized carbons (Fsp3) is 0.658. The molecular formula is C79H103NO41. The lowest BCUT2D eigenvalue weighted by Gasteiger charge is -2.67. The van der Waals surface area contributed by atoms with Crippen LogP contribution in [0.1, 0.15) is 86.7 Å². The van der Waals surface area contributed by atoms with E-state index in [4.69, 9.17) is 75.8 Å². The number of hydrogen-bond acceptors (Lipinski definition) is 41. The number of nitrogens with one attached hydrogen (secondary N) is 1. The summed E-state index contributed by atoms with van der Waals surface area (Å²) < 4.78 is 94.2. The topological polar surface area (TPSA) is 643 Å². The molecule has 19 N–H and O–H groups in total. The molecule has 9 aliphatic rings. The van der Waals surface area contributed by atoms with E-state index in [0.717, 1.165) is 13.8 Å².